The summed E-state index contributed by atoms with van der Waals surface area (Å²) in [6.45, 7) is 9.46. The van der Waals surface area contributed by atoms with Gasteiger partial charge in [-0.05, 0) is 32.4 Å². The van der Waals surface area contributed by atoms with Gasteiger partial charge in [-0.2, -0.15) is 0 Å². The van der Waals surface area contributed by atoms with Crippen LogP contribution in [-0.2, 0) is 9.53 Å². The van der Waals surface area contributed by atoms with Gasteiger partial charge < -0.3 is 14.5 Å². The summed E-state index contributed by atoms with van der Waals surface area (Å²) < 4.78 is 5.22. The molecule has 0 radical (unpaired) electrons. The number of nitrogens with zero attached hydrogens (tertiary/aromatic N) is 2. The Bertz CT molecular complexity index is 462. The standard InChI is InChI=1S/C16H24N2O2/c1-4-20-12-16(19)18-10-9-17(11-14(18)3)15-8-6-5-7-13(15)2/h5-8,14H,4,9-12H2,1-3H3. The summed E-state index contributed by atoms with van der Waals surface area (Å²) in [5.74, 6) is 0.101. The molecule has 4 heteroatoms. The van der Waals surface area contributed by atoms with E-state index < -0.39 is 0 Å². The highest BCUT2D eigenvalue weighted by atomic mass is 16.5. The molecule has 1 aromatic carbocycles. The van der Waals surface area contributed by atoms with Crippen LogP contribution in [0.3, 0.4) is 0 Å². The van der Waals surface area contributed by atoms with E-state index in [1.165, 1.54) is 11.3 Å². The molecular formula is C16H24N2O2. The zero-order valence-electron chi connectivity index (χ0n) is 12.6. The number of amides is 1. The maximum atomic E-state index is 12.1. The predicted octanol–water partition coefficient (Wildman–Crippen LogP) is 2.07. The Balaban J connectivity index is 1.99. The van der Waals surface area contributed by atoms with Crippen molar-refractivity contribution in [3.05, 3.63) is 29.8 Å². The summed E-state index contributed by atoms with van der Waals surface area (Å²) in [7, 11) is 0. The van der Waals surface area contributed by atoms with E-state index in [1.807, 2.05) is 11.8 Å². The van der Waals surface area contributed by atoms with Gasteiger partial charge in [-0.15, -0.1) is 0 Å². The van der Waals surface area contributed by atoms with Crippen LogP contribution in [0.5, 0.6) is 0 Å². The third kappa shape index (κ3) is 3.31. The SMILES string of the molecule is CCOCC(=O)N1CCN(c2ccccc2C)CC1C. The second-order valence-corrected chi connectivity index (χ2v) is 5.31. The Kier molecular flexibility index (Phi) is 5.01. The maximum absolute atomic E-state index is 12.1. The van der Waals surface area contributed by atoms with Crippen LogP contribution >= 0.6 is 0 Å². The Labute approximate surface area is 121 Å². The lowest BCUT2D eigenvalue weighted by molar-refractivity contribution is -0.138. The quantitative estimate of drug-likeness (QED) is 0.844. The molecule has 0 N–H and O–H groups in total. The molecule has 0 bridgehead atoms. The van der Waals surface area contributed by atoms with E-state index in [0.29, 0.717) is 6.61 Å². The molecule has 1 aliphatic rings. The van der Waals surface area contributed by atoms with Gasteiger partial charge in [-0.1, -0.05) is 18.2 Å². The topological polar surface area (TPSA) is 32.8 Å². The van der Waals surface area contributed by atoms with E-state index in [2.05, 4.69) is 43.0 Å². The Morgan fingerprint density at radius 3 is 2.75 bits per heavy atom. The second kappa shape index (κ2) is 6.75. The largest absolute Gasteiger partial charge is 0.372 e. The molecule has 0 aliphatic carbocycles. The third-order valence-electron chi connectivity index (χ3n) is 3.83. The molecule has 0 spiro atoms. The van der Waals surface area contributed by atoms with Crippen LogP contribution in [-0.4, -0.2) is 49.7 Å². The van der Waals surface area contributed by atoms with Crippen molar-refractivity contribution in [2.24, 2.45) is 0 Å². The number of carbonyl (C=O) groups is 1. The minimum Gasteiger partial charge on any atom is -0.372 e. The number of rotatable bonds is 4. The lowest BCUT2D eigenvalue weighted by atomic mass is 10.1. The summed E-state index contributed by atoms with van der Waals surface area (Å²) >= 11 is 0. The normalized spacial score (nSPS) is 19.2. The molecule has 0 saturated carbocycles. The first-order valence-corrected chi connectivity index (χ1v) is 7.31. The van der Waals surface area contributed by atoms with E-state index in [-0.39, 0.29) is 18.6 Å². The van der Waals surface area contributed by atoms with Crippen molar-refractivity contribution in [1.29, 1.82) is 0 Å². The molecule has 1 aromatic rings. The number of anilines is 1. The molecule has 1 saturated heterocycles. The number of ether oxygens (including phenoxy) is 1. The molecule has 0 aromatic heterocycles. The average molecular weight is 276 g/mol. The summed E-state index contributed by atoms with van der Waals surface area (Å²) in [4.78, 5) is 16.4. The van der Waals surface area contributed by atoms with Crippen LogP contribution in [0.2, 0.25) is 0 Å². The second-order valence-electron chi connectivity index (χ2n) is 5.31. The summed E-state index contributed by atoms with van der Waals surface area (Å²) in [6.07, 6.45) is 0. The van der Waals surface area contributed by atoms with Gasteiger partial charge in [0, 0.05) is 38.0 Å². The number of aryl methyl sites for hydroxylation is 1. The van der Waals surface area contributed by atoms with Crippen LogP contribution in [0.4, 0.5) is 5.69 Å². The van der Waals surface area contributed by atoms with Gasteiger partial charge in [0.1, 0.15) is 6.61 Å². The Morgan fingerprint density at radius 2 is 2.10 bits per heavy atom. The van der Waals surface area contributed by atoms with Crippen molar-refractivity contribution >= 4 is 11.6 Å². The molecule has 1 unspecified atom stereocenters. The maximum Gasteiger partial charge on any atom is 0.248 e. The van der Waals surface area contributed by atoms with E-state index in [1.54, 1.807) is 0 Å². The van der Waals surface area contributed by atoms with Crippen molar-refractivity contribution in [2.75, 3.05) is 37.7 Å². The molecule has 1 fully saturated rings. The smallest absolute Gasteiger partial charge is 0.248 e. The van der Waals surface area contributed by atoms with Crippen molar-refractivity contribution in [3.63, 3.8) is 0 Å². The van der Waals surface area contributed by atoms with Gasteiger partial charge >= 0.3 is 0 Å². The first-order chi connectivity index (χ1) is 9.63. The zero-order chi connectivity index (χ0) is 14.5. The van der Waals surface area contributed by atoms with Gasteiger partial charge in [0.25, 0.3) is 0 Å². The van der Waals surface area contributed by atoms with Gasteiger partial charge in [0.15, 0.2) is 0 Å². The summed E-state index contributed by atoms with van der Waals surface area (Å²) in [5.41, 5.74) is 2.56. The van der Waals surface area contributed by atoms with Crippen molar-refractivity contribution in [1.82, 2.24) is 4.90 Å². The molecule has 1 amide bonds. The fourth-order valence-corrected chi connectivity index (χ4v) is 2.74. The summed E-state index contributed by atoms with van der Waals surface area (Å²) in [5, 5.41) is 0. The predicted molar refractivity (Wildman–Crippen MR) is 81.1 cm³/mol. The molecule has 110 valence electrons. The molecule has 20 heavy (non-hydrogen) atoms. The van der Waals surface area contributed by atoms with Gasteiger partial charge in [0.2, 0.25) is 5.91 Å². The van der Waals surface area contributed by atoms with Crippen LogP contribution in [0.25, 0.3) is 0 Å². The lowest BCUT2D eigenvalue weighted by Crippen LogP contribution is -2.55. The molecule has 1 heterocycles. The van der Waals surface area contributed by atoms with E-state index >= 15 is 0 Å². The Morgan fingerprint density at radius 1 is 1.35 bits per heavy atom. The Hall–Kier alpha value is -1.55. The molecule has 4 nitrogen and oxygen atoms in total. The van der Waals surface area contributed by atoms with Gasteiger partial charge in [0.05, 0.1) is 0 Å². The molecule has 2 rings (SSSR count). The van der Waals surface area contributed by atoms with E-state index in [0.717, 1.165) is 19.6 Å². The van der Waals surface area contributed by atoms with Crippen molar-refractivity contribution < 1.29 is 9.53 Å². The molecule has 1 aliphatic heterocycles. The minimum absolute atomic E-state index is 0.101. The highest BCUT2D eigenvalue weighted by Gasteiger charge is 2.27. The number of hydrogen-bond donors (Lipinski definition) is 0. The first kappa shape index (κ1) is 14.9. The van der Waals surface area contributed by atoms with Crippen molar-refractivity contribution in [2.45, 2.75) is 26.8 Å². The van der Waals surface area contributed by atoms with Crippen LogP contribution in [0.15, 0.2) is 24.3 Å². The highest BCUT2D eigenvalue weighted by Crippen LogP contribution is 2.22. The zero-order valence-corrected chi connectivity index (χ0v) is 12.6. The number of piperazine rings is 1. The van der Waals surface area contributed by atoms with Crippen LogP contribution < -0.4 is 4.90 Å². The highest BCUT2D eigenvalue weighted by molar-refractivity contribution is 5.78. The van der Waals surface area contributed by atoms with Crippen molar-refractivity contribution in [3.8, 4) is 0 Å². The number of carbonyl (C=O) groups excluding carboxylic acids is 1. The fourth-order valence-electron chi connectivity index (χ4n) is 2.74. The van der Waals surface area contributed by atoms with Gasteiger partial charge in [-0.3, -0.25) is 4.79 Å². The van der Waals surface area contributed by atoms with Gasteiger partial charge in [-0.25, -0.2) is 0 Å². The monoisotopic (exact) mass is 276 g/mol. The number of hydrogen-bond acceptors (Lipinski definition) is 3. The lowest BCUT2D eigenvalue weighted by Gasteiger charge is -2.41. The average Bonchev–Trinajstić information content (AvgIpc) is 2.45. The first-order valence-electron chi connectivity index (χ1n) is 7.31. The third-order valence-corrected chi connectivity index (χ3v) is 3.83. The molecular weight excluding hydrogens is 252 g/mol. The van der Waals surface area contributed by atoms with Crippen LogP contribution in [0, 0.1) is 6.92 Å². The molecule has 1 atom stereocenters. The minimum atomic E-state index is 0.101. The fraction of sp³-hybridized carbons (Fsp3) is 0.562. The van der Waals surface area contributed by atoms with E-state index in [9.17, 15) is 4.79 Å². The number of benzene rings is 1. The van der Waals surface area contributed by atoms with Crippen LogP contribution in [0.1, 0.15) is 19.4 Å². The number of para-hydroxylation sites is 1. The summed E-state index contributed by atoms with van der Waals surface area (Å²) in [6, 6.07) is 8.63. The van der Waals surface area contributed by atoms with E-state index in [4.69, 9.17) is 4.74 Å².